The molecule has 3 nitrogen and oxygen atoms in total. The second kappa shape index (κ2) is 6.04. The van der Waals surface area contributed by atoms with Crippen molar-refractivity contribution < 1.29 is 5.11 Å². The van der Waals surface area contributed by atoms with Gasteiger partial charge in [0, 0.05) is 29.3 Å². The summed E-state index contributed by atoms with van der Waals surface area (Å²) in [5.41, 5.74) is 1.24. The summed E-state index contributed by atoms with van der Waals surface area (Å²) in [5.74, 6) is 0. The highest BCUT2D eigenvalue weighted by Crippen LogP contribution is 2.22. The van der Waals surface area contributed by atoms with Crippen molar-refractivity contribution in [1.29, 1.82) is 0 Å². The van der Waals surface area contributed by atoms with Crippen LogP contribution in [0.5, 0.6) is 0 Å². The Hall–Kier alpha value is -0.580. The topological polar surface area (TPSA) is 26.7 Å². The van der Waals surface area contributed by atoms with Crippen LogP contribution in [0.4, 0.5) is 5.69 Å². The third-order valence-corrected chi connectivity index (χ3v) is 4.45. The van der Waals surface area contributed by atoms with Crippen molar-refractivity contribution in [3.63, 3.8) is 0 Å². The number of likely N-dealkylation sites (N-methyl/N-ethyl adjacent to an activating group) is 1. The van der Waals surface area contributed by atoms with Crippen molar-refractivity contribution in [3.8, 4) is 0 Å². The Morgan fingerprint density at radius 2 is 2.00 bits per heavy atom. The van der Waals surface area contributed by atoms with Crippen LogP contribution >= 0.6 is 15.9 Å². The second-order valence-electron chi connectivity index (χ2n) is 5.06. The highest BCUT2D eigenvalue weighted by molar-refractivity contribution is 9.10. The molecule has 1 fully saturated rings. The molecule has 0 spiro atoms. The summed E-state index contributed by atoms with van der Waals surface area (Å²) in [6.45, 7) is 4.38. The molecule has 0 saturated carbocycles. The lowest BCUT2D eigenvalue weighted by atomic mass is 10.2. The van der Waals surface area contributed by atoms with E-state index in [1.165, 1.54) is 5.69 Å². The zero-order valence-corrected chi connectivity index (χ0v) is 12.6. The highest BCUT2D eigenvalue weighted by Gasteiger charge is 2.26. The van der Waals surface area contributed by atoms with Crippen molar-refractivity contribution in [2.75, 3.05) is 31.6 Å². The molecule has 100 valence electrons. The average molecular weight is 313 g/mol. The summed E-state index contributed by atoms with van der Waals surface area (Å²) in [7, 11) is 2.11. The Labute approximate surface area is 118 Å². The normalized spacial score (nSPS) is 26.1. The first-order valence-electron chi connectivity index (χ1n) is 6.45. The van der Waals surface area contributed by atoms with Crippen LogP contribution < -0.4 is 4.90 Å². The van der Waals surface area contributed by atoms with Gasteiger partial charge in [-0.3, -0.25) is 4.90 Å². The van der Waals surface area contributed by atoms with Gasteiger partial charge in [0.1, 0.15) is 0 Å². The molecule has 0 aliphatic carbocycles. The zero-order valence-electron chi connectivity index (χ0n) is 11.0. The molecular weight excluding hydrogens is 292 g/mol. The number of halogens is 1. The highest BCUT2D eigenvalue weighted by atomic mass is 79.9. The van der Waals surface area contributed by atoms with E-state index in [0.29, 0.717) is 6.04 Å². The Morgan fingerprint density at radius 3 is 2.61 bits per heavy atom. The van der Waals surface area contributed by atoms with Gasteiger partial charge in [0.15, 0.2) is 0 Å². The van der Waals surface area contributed by atoms with E-state index in [9.17, 15) is 5.11 Å². The summed E-state index contributed by atoms with van der Waals surface area (Å²) in [6.07, 6.45) is 1.13. The first kappa shape index (κ1) is 13.8. The van der Waals surface area contributed by atoms with Crippen molar-refractivity contribution in [1.82, 2.24) is 4.90 Å². The fourth-order valence-corrected chi connectivity index (χ4v) is 2.72. The largest absolute Gasteiger partial charge is 0.395 e. The van der Waals surface area contributed by atoms with E-state index in [4.69, 9.17) is 0 Å². The minimum Gasteiger partial charge on any atom is -0.395 e. The predicted octanol–water partition coefficient (Wildman–Crippen LogP) is 2.34. The van der Waals surface area contributed by atoms with Gasteiger partial charge >= 0.3 is 0 Å². The van der Waals surface area contributed by atoms with Gasteiger partial charge in [-0.15, -0.1) is 0 Å². The number of aliphatic hydroxyl groups is 1. The number of rotatable bonds is 2. The number of benzene rings is 1. The SMILES string of the molecule is CC1CCN(c2ccc(Br)cc2)CC(CO)N1C. The fraction of sp³-hybridized carbons (Fsp3) is 0.571. The standard InChI is InChI=1S/C14H21BrN2O/c1-11-7-8-17(9-14(10-18)16(11)2)13-5-3-12(15)4-6-13/h3-6,11,14,18H,7-10H2,1-2H3. The molecule has 0 radical (unpaired) electrons. The third kappa shape index (κ3) is 3.05. The van der Waals surface area contributed by atoms with Gasteiger partial charge in [-0.1, -0.05) is 15.9 Å². The van der Waals surface area contributed by atoms with Crippen LogP contribution in [-0.2, 0) is 0 Å². The van der Waals surface area contributed by atoms with Gasteiger partial charge < -0.3 is 10.0 Å². The molecule has 1 saturated heterocycles. The molecule has 0 bridgehead atoms. The molecule has 1 aliphatic rings. The molecule has 2 atom stereocenters. The van der Waals surface area contributed by atoms with Gasteiger partial charge in [0.25, 0.3) is 0 Å². The third-order valence-electron chi connectivity index (χ3n) is 3.92. The maximum atomic E-state index is 9.54. The summed E-state index contributed by atoms with van der Waals surface area (Å²) in [4.78, 5) is 4.66. The van der Waals surface area contributed by atoms with E-state index in [-0.39, 0.29) is 12.6 Å². The van der Waals surface area contributed by atoms with Crippen molar-refractivity contribution >= 4 is 21.6 Å². The van der Waals surface area contributed by atoms with E-state index < -0.39 is 0 Å². The minimum absolute atomic E-state index is 0.214. The number of anilines is 1. The molecule has 2 unspecified atom stereocenters. The number of hydrogen-bond donors (Lipinski definition) is 1. The van der Waals surface area contributed by atoms with Crippen LogP contribution in [0.25, 0.3) is 0 Å². The number of hydrogen-bond acceptors (Lipinski definition) is 3. The molecule has 4 heteroatoms. The molecule has 2 rings (SSSR count). The summed E-state index contributed by atoms with van der Waals surface area (Å²) in [6, 6.07) is 9.14. The number of nitrogens with zero attached hydrogens (tertiary/aromatic N) is 2. The first-order valence-corrected chi connectivity index (χ1v) is 7.24. The molecule has 1 aromatic carbocycles. The van der Waals surface area contributed by atoms with Crippen LogP contribution in [0, 0.1) is 0 Å². The lowest BCUT2D eigenvalue weighted by molar-refractivity contribution is 0.127. The van der Waals surface area contributed by atoms with E-state index in [0.717, 1.165) is 24.0 Å². The van der Waals surface area contributed by atoms with Gasteiger partial charge in [-0.2, -0.15) is 0 Å². The maximum Gasteiger partial charge on any atom is 0.0604 e. The van der Waals surface area contributed by atoms with Crippen LogP contribution in [-0.4, -0.2) is 48.8 Å². The Kier molecular flexibility index (Phi) is 4.65. The summed E-state index contributed by atoms with van der Waals surface area (Å²) < 4.78 is 1.10. The van der Waals surface area contributed by atoms with Crippen molar-refractivity contribution in [2.45, 2.75) is 25.4 Å². The molecule has 0 aromatic heterocycles. The van der Waals surface area contributed by atoms with E-state index in [1.54, 1.807) is 0 Å². The second-order valence-corrected chi connectivity index (χ2v) is 5.98. The van der Waals surface area contributed by atoms with Gasteiger partial charge in [0.05, 0.1) is 12.6 Å². The smallest absolute Gasteiger partial charge is 0.0604 e. The first-order chi connectivity index (χ1) is 8.61. The Bertz CT molecular complexity index is 382. The van der Waals surface area contributed by atoms with Crippen LogP contribution in [0.15, 0.2) is 28.7 Å². The minimum atomic E-state index is 0.214. The van der Waals surface area contributed by atoms with Gasteiger partial charge in [-0.25, -0.2) is 0 Å². The van der Waals surface area contributed by atoms with Gasteiger partial charge in [-0.05, 0) is 44.7 Å². The van der Waals surface area contributed by atoms with E-state index in [2.05, 4.69) is 64.0 Å². The quantitative estimate of drug-likeness (QED) is 0.908. The Balaban J connectivity index is 2.16. The maximum absolute atomic E-state index is 9.54. The molecule has 1 heterocycles. The molecule has 1 N–H and O–H groups in total. The lowest BCUT2D eigenvalue weighted by Crippen LogP contribution is -2.44. The Morgan fingerprint density at radius 1 is 1.33 bits per heavy atom. The molecule has 0 amide bonds. The molecule has 18 heavy (non-hydrogen) atoms. The zero-order chi connectivity index (χ0) is 13.1. The van der Waals surface area contributed by atoms with Crippen LogP contribution in [0.2, 0.25) is 0 Å². The monoisotopic (exact) mass is 312 g/mol. The molecule has 1 aromatic rings. The van der Waals surface area contributed by atoms with Gasteiger partial charge in [0.2, 0.25) is 0 Å². The average Bonchev–Trinajstić information content (AvgIpc) is 2.52. The van der Waals surface area contributed by atoms with E-state index in [1.807, 2.05) is 0 Å². The summed E-state index contributed by atoms with van der Waals surface area (Å²) >= 11 is 3.46. The van der Waals surface area contributed by atoms with Crippen LogP contribution in [0.1, 0.15) is 13.3 Å². The summed E-state index contributed by atoms with van der Waals surface area (Å²) in [5, 5.41) is 9.54. The van der Waals surface area contributed by atoms with E-state index >= 15 is 0 Å². The van der Waals surface area contributed by atoms with Crippen molar-refractivity contribution in [3.05, 3.63) is 28.7 Å². The number of aliphatic hydroxyl groups excluding tert-OH is 1. The lowest BCUT2D eigenvalue weighted by Gasteiger charge is -2.30. The van der Waals surface area contributed by atoms with Crippen LogP contribution in [0.3, 0.4) is 0 Å². The predicted molar refractivity (Wildman–Crippen MR) is 79.1 cm³/mol. The molecular formula is C14H21BrN2O. The molecule has 1 aliphatic heterocycles. The van der Waals surface area contributed by atoms with Crippen molar-refractivity contribution in [2.24, 2.45) is 0 Å². The fourth-order valence-electron chi connectivity index (χ4n) is 2.45.